The van der Waals surface area contributed by atoms with Crippen molar-refractivity contribution in [1.82, 2.24) is 19.9 Å². The van der Waals surface area contributed by atoms with Crippen molar-refractivity contribution < 1.29 is 19.4 Å². The van der Waals surface area contributed by atoms with Crippen molar-refractivity contribution in [2.24, 2.45) is 0 Å². The Hall–Kier alpha value is -3.87. The molecule has 1 atom stereocenters. The van der Waals surface area contributed by atoms with Crippen LogP contribution < -0.4 is 4.74 Å². The van der Waals surface area contributed by atoms with Gasteiger partial charge in [0, 0.05) is 44.3 Å². The second-order valence-corrected chi connectivity index (χ2v) is 8.82. The summed E-state index contributed by atoms with van der Waals surface area (Å²) in [6, 6.07) is 13.4. The minimum atomic E-state index is -1.04. The number of amides is 1. The Morgan fingerprint density at radius 3 is 2.75 bits per heavy atom. The summed E-state index contributed by atoms with van der Waals surface area (Å²) in [5, 5.41) is 19.1. The average Bonchev–Trinajstić information content (AvgIpc) is 2.90. The highest BCUT2D eigenvalue weighted by Crippen LogP contribution is 2.27. The van der Waals surface area contributed by atoms with Gasteiger partial charge in [-0.15, -0.1) is 0 Å². The molecule has 0 unspecified atom stereocenters. The summed E-state index contributed by atoms with van der Waals surface area (Å²) < 4.78 is 11.4. The number of carbonyl (C=O) groups excluding carboxylic acids is 1. The van der Waals surface area contributed by atoms with E-state index in [4.69, 9.17) is 9.47 Å². The van der Waals surface area contributed by atoms with Crippen molar-refractivity contribution in [3.63, 3.8) is 0 Å². The molecule has 1 aliphatic heterocycles. The molecule has 2 aromatic heterocycles. The number of hydrogen-bond acceptors (Lipinski definition) is 8. The maximum atomic E-state index is 11.9. The Bertz CT molecular complexity index is 1230. The van der Waals surface area contributed by atoms with E-state index in [1.807, 2.05) is 30.3 Å². The molecular weight excluding hydrogens is 458 g/mol. The van der Waals surface area contributed by atoms with Gasteiger partial charge in [0.15, 0.2) is 0 Å². The molecule has 3 heterocycles. The number of aromatic nitrogens is 3. The van der Waals surface area contributed by atoms with E-state index < -0.39 is 6.10 Å². The van der Waals surface area contributed by atoms with Crippen molar-refractivity contribution in [3.05, 3.63) is 71.4 Å². The van der Waals surface area contributed by atoms with Crippen LogP contribution in [0.4, 0.5) is 0 Å². The first-order valence-electron chi connectivity index (χ1n) is 11.9. The van der Waals surface area contributed by atoms with Gasteiger partial charge >= 0.3 is 0 Å². The van der Waals surface area contributed by atoms with Gasteiger partial charge in [-0.3, -0.25) is 9.78 Å². The van der Waals surface area contributed by atoms with E-state index in [1.54, 1.807) is 25.5 Å². The Labute approximate surface area is 210 Å². The molecule has 36 heavy (non-hydrogen) atoms. The standard InChI is InChI=1S/C27H29N5O4/c1-18(33)27(34)32(2)17-22-5-3-19(16-30-22)13-26-29-10-7-24(31-26)20-4-6-25(21(14-20)15-28)36-23-8-11-35-12-9-23/h3-7,10,14,16,18,23,33H,8-9,11-13,17H2,1-2H3/t18-/m1/s1. The fourth-order valence-corrected chi connectivity index (χ4v) is 3.97. The number of pyridine rings is 1. The first kappa shape index (κ1) is 25.2. The lowest BCUT2D eigenvalue weighted by Crippen LogP contribution is -2.34. The minimum Gasteiger partial charge on any atom is -0.489 e. The molecule has 186 valence electrons. The van der Waals surface area contributed by atoms with Gasteiger partial charge < -0.3 is 19.5 Å². The summed E-state index contributed by atoms with van der Waals surface area (Å²) in [7, 11) is 1.63. The first-order valence-corrected chi connectivity index (χ1v) is 11.9. The fraction of sp³-hybridized carbons (Fsp3) is 0.370. The third-order valence-electron chi connectivity index (χ3n) is 5.94. The number of aliphatic hydroxyl groups is 1. The number of nitriles is 1. The van der Waals surface area contributed by atoms with Crippen molar-refractivity contribution in [2.75, 3.05) is 20.3 Å². The molecule has 0 bridgehead atoms. The second kappa shape index (κ2) is 11.7. The Kier molecular flexibility index (Phi) is 8.21. The van der Waals surface area contributed by atoms with Crippen molar-refractivity contribution in [2.45, 2.75) is 44.9 Å². The Morgan fingerprint density at radius 2 is 2.06 bits per heavy atom. The second-order valence-electron chi connectivity index (χ2n) is 8.82. The molecule has 1 aromatic carbocycles. The molecule has 0 spiro atoms. The molecule has 9 heteroatoms. The number of likely N-dealkylation sites (N-methyl/N-ethyl adjacent to an activating group) is 1. The average molecular weight is 488 g/mol. The van der Waals surface area contributed by atoms with Crippen LogP contribution in [0.2, 0.25) is 0 Å². The molecule has 3 aromatic rings. The van der Waals surface area contributed by atoms with Gasteiger partial charge in [-0.05, 0) is 42.8 Å². The predicted molar refractivity (Wildman–Crippen MR) is 132 cm³/mol. The van der Waals surface area contributed by atoms with Crippen molar-refractivity contribution >= 4 is 5.91 Å². The topological polar surface area (TPSA) is 121 Å². The monoisotopic (exact) mass is 487 g/mol. The number of carbonyl (C=O) groups is 1. The molecule has 1 saturated heterocycles. The number of aliphatic hydroxyl groups excluding tert-OH is 1. The Morgan fingerprint density at radius 1 is 1.25 bits per heavy atom. The summed E-state index contributed by atoms with van der Waals surface area (Å²) in [6.45, 7) is 3.10. The smallest absolute Gasteiger partial charge is 0.251 e. The lowest BCUT2D eigenvalue weighted by Gasteiger charge is -2.23. The van der Waals surface area contributed by atoms with Gasteiger partial charge in [0.1, 0.15) is 29.9 Å². The van der Waals surface area contributed by atoms with Crippen LogP contribution in [0.25, 0.3) is 11.3 Å². The summed E-state index contributed by atoms with van der Waals surface area (Å²) in [5.41, 5.74) is 3.65. The summed E-state index contributed by atoms with van der Waals surface area (Å²) in [6.07, 6.45) is 4.57. The van der Waals surface area contributed by atoms with E-state index in [1.165, 1.54) is 11.8 Å². The molecule has 1 fully saturated rings. The van der Waals surface area contributed by atoms with Crippen LogP contribution in [0.5, 0.6) is 5.75 Å². The highest BCUT2D eigenvalue weighted by Gasteiger charge is 2.18. The number of nitrogens with zero attached hydrogens (tertiary/aromatic N) is 5. The van der Waals surface area contributed by atoms with Gasteiger partial charge in [-0.1, -0.05) is 6.07 Å². The maximum absolute atomic E-state index is 11.9. The van der Waals surface area contributed by atoms with Crippen LogP contribution >= 0.6 is 0 Å². The quantitative estimate of drug-likeness (QED) is 0.515. The predicted octanol–water partition coefficient (Wildman–Crippen LogP) is 2.90. The molecule has 0 aliphatic carbocycles. The van der Waals surface area contributed by atoms with Crippen molar-refractivity contribution in [3.8, 4) is 23.1 Å². The summed E-state index contributed by atoms with van der Waals surface area (Å²) >= 11 is 0. The number of hydrogen-bond donors (Lipinski definition) is 1. The molecule has 9 nitrogen and oxygen atoms in total. The van der Waals surface area contributed by atoms with Gasteiger partial charge in [0.05, 0.1) is 36.7 Å². The third-order valence-corrected chi connectivity index (χ3v) is 5.94. The van der Waals surface area contributed by atoms with Crippen LogP contribution in [-0.4, -0.2) is 63.3 Å². The Balaban J connectivity index is 1.44. The third kappa shape index (κ3) is 6.42. The lowest BCUT2D eigenvalue weighted by molar-refractivity contribution is -0.138. The first-order chi connectivity index (χ1) is 17.4. The van der Waals surface area contributed by atoms with Crippen LogP contribution in [0.3, 0.4) is 0 Å². The fourth-order valence-electron chi connectivity index (χ4n) is 3.97. The largest absolute Gasteiger partial charge is 0.489 e. The highest BCUT2D eigenvalue weighted by molar-refractivity contribution is 5.79. The van der Waals surface area contributed by atoms with E-state index in [0.717, 1.165) is 35.4 Å². The number of ether oxygens (including phenoxy) is 2. The van der Waals surface area contributed by atoms with Gasteiger partial charge in [0.25, 0.3) is 5.91 Å². The van der Waals surface area contributed by atoms with E-state index in [2.05, 4.69) is 21.0 Å². The zero-order valence-corrected chi connectivity index (χ0v) is 20.4. The molecule has 0 saturated carbocycles. The highest BCUT2D eigenvalue weighted by atomic mass is 16.5. The molecule has 1 aliphatic rings. The van der Waals surface area contributed by atoms with Crippen molar-refractivity contribution in [1.29, 1.82) is 5.26 Å². The van der Waals surface area contributed by atoms with Gasteiger partial charge in [0.2, 0.25) is 0 Å². The van der Waals surface area contributed by atoms with E-state index in [0.29, 0.717) is 43.3 Å². The SMILES string of the molecule is C[C@@H](O)C(=O)N(C)Cc1ccc(Cc2nccc(-c3ccc(OC4CCOCC4)c(C#N)c3)n2)cn1. The normalized spacial score (nSPS) is 14.6. The number of benzene rings is 1. The van der Waals surface area contributed by atoms with Crippen LogP contribution in [0.15, 0.2) is 48.8 Å². The maximum Gasteiger partial charge on any atom is 0.251 e. The van der Waals surface area contributed by atoms with Crippen LogP contribution in [-0.2, 0) is 22.5 Å². The molecule has 1 amide bonds. The summed E-state index contributed by atoms with van der Waals surface area (Å²) in [4.78, 5) is 26.8. The van der Waals surface area contributed by atoms with E-state index >= 15 is 0 Å². The molecule has 0 radical (unpaired) electrons. The van der Waals surface area contributed by atoms with Crippen LogP contribution in [0, 0.1) is 11.3 Å². The summed E-state index contributed by atoms with van der Waals surface area (Å²) in [5.74, 6) is 0.854. The van der Waals surface area contributed by atoms with Crippen LogP contribution in [0.1, 0.15) is 42.4 Å². The van der Waals surface area contributed by atoms with E-state index in [9.17, 15) is 15.2 Å². The zero-order valence-electron chi connectivity index (χ0n) is 20.4. The molecular formula is C27H29N5O4. The minimum absolute atomic E-state index is 0.0569. The van der Waals surface area contributed by atoms with E-state index in [-0.39, 0.29) is 12.0 Å². The zero-order chi connectivity index (χ0) is 25.5. The molecule has 4 rings (SSSR count). The molecule has 1 N–H and O–H groups in total. The van der Waals surface area contributed by atoms with Gasteiger partial charge in [-0.2, -0.15) is 5.26 Å². The lowest BCUT2D eigenvalue weighted by atomic mass is 10.1. The number of rotatable bonds is 8. The van der Waals surface area contributed by atoms with Gasteiger partial charge in [-0.25, -0.2) is 9.97 Å².